The summed E-state index contributed by atoms with van der Waals surface area (Å²) in [6.45, 7) is 1.56. The summed E-state index contributed by atoms with van der Waals surface area (Å²) in [5, 5.41) is 20.5. The van der Waals surface area contributed by atoms with E-state index in [-0.39, 0.29) is 12.0 Å². The number of anilines is 1. The average molecular weight is 495 g/mol. The summed E-state index contributed by atoms with van der Waals surface area (Å²) < 4.78 is 42.5. The molecular formula is C21H20F3N5O6. The average Bonchev–Trinajstić information content (AvgIpc) is 3.50. The second-order valence-corrected chi connectivity index (χ2v) is 7.18. The van der Waals surface area contributed by atoms with Gasteiger partial charge in [0.2, 0.25) is 0 Å². The molecule has 14 heteroatoms. The van der Waals surface area contributed by atoms with Crippen LogP contribution in [0.5, 0.6) is 5.75 Å². The number of methoxy groups -OCH3 is 1. The number of benzene rings is 1. The number of aromatic nitrogens is 3. The van der Waals surface area contributed by atoms with Gasteiger partial charge >= 0.3 is 18.1 Å². The molecule has 4 N–H and O–H groups in total. The smallest absolute Gasteiger partial charge is 0.488 e. The molecule has 1 saturated heterocycles. The van der Waals surface area contributed by atoms with Gasteiger partial charge in [-0.1, -0.05) is 0 Å². The van der Waals surface area contributed by atoms with Crippen molar-refractivity contribution in [3.05, 3.63) is 47.8 Å². The standard InChI is InChI=1S/C19H19N5O4.C2HF3O2/c1-27-19(26)14-3-2-11(8-16(14)28-12-4-6-20-9-12)23-18(25)13-5-7-21-17-15(13)10-22-24-17;3-2(4,5)1(6)7/h2-3,5,7-8,10,12,20H,4,6,9H2,1H3,(H,23,25)(H,21,22,24);(H,6,7). The zero-order chi connectivity index (χ0) is 25.6. The number of nitrogens with zero attached hydrogens (tertiary/aromatic N) is 2. The number of carbonyl (C=O) groups is 3. The number of carboxylic acids is 1. The maximum absolute atomic E-state index is 12.7. The number of nitrogens with one attached hydrogen (secondary N) is 3. The number of hydrogen-bond acceptors (Lipinski definition) is 8. The number of alkyl halides is 3. The van der Waals surface area contributed by atoms with Crippen molar-refractivity contribution >= 4 is 34.6 Å². The number of ether oxygens (including phenoxy) is 2. The van der Waals surface area contributed by atoms with E-state index >= 15 is 0 Å². The van der Waals surface area contributed by atoms with Crippen LogP contribution in [0.2, 0.25) is 0 Å². The molecule has 1 fully saturated rings. The highest BCUT2D eigenvalue weighted by molar-refractivity contribution is 6.11. The third kappa shape index (κ3) is 6.44. The van der Waals surface area contributed by atoms with Crippen molar-refractivity contribution in [2.45, 2.75) is 18.7 Å². The number of aliphatic carboxylic acids is 1. The lowest BCUT2D eigenvalue weighted by atomic mass is 10.1. The van der Waals surface area contributed by atoms with Crippen molar-refractivity contribution in [1.29, 1.82) is 0 Å². The largest absolute Gasteiger partial charge is 0.490 e. The number of amides is 1. The van der Waals surface area contributed by atoms with Gasteiger partial charge in [0.15, 0.2) is 5.65 Å². The molecule has 0 bridgehead atoms. The number of fused-ring (bicyclic) bond motifs is 1. The molecule has 0 saturated carbocycles. The molecule has 0 aliphatic carbocycles. The van der Waals surface area contributed by atoms with Crippen molar-refractivity contribution in [1.82, 2.24) is 20.5 Å². The monoisotopic (exact) mass is 495 g/mol. The zero-order valence-electron chi connectivity index (χ0n) is 18.2. The van der Waals surface area contributed by atoms with Crippen LogP contribution in [0.1, 0.15) is 27.1 Å². The van der Waals surface area contributed by atoms with Crippen molar-refractivity contribution in [2.75, 3.05) is 25.5 Å². The van der Waals surface area contributed by atoms with Crippen LogP contribution >= 0.6 is 0 Å². The Morgan fingerprint density at radius 1 is 1.20 bits per heavy atom. The van der Waals surface area contributed by atoms with Gasteiger partial charge < -0.3 is 25.2 Å². The molecule has 1 unspecified atom stereocenters. The van der Waals surface area contributed by atoms with Crippen LogP contribution in [-0.2, 0) is 9.53 Å². The maximum Gasteiger partial charge on any atom is 0.490 e. The Labute approximate surface area is 195 Å². The number of hydrogen-bond donors (Lipinski definition) is 4. The molecular weight excluding hydrogens is 475 g/mol. The van der Waals surface area contributed by atoms with Crippen molar-refractivity contribution in [2.24, 2.45) is 0 Å². The second-order valence-electron chi connectivity index (χ2n) is 7.18. The van der Waals surface area contributed by atoms with E-state index in [0.717, 1.165) is 13.0 Å². The number of H-pyrrole nitrogens is 1. The molecule has 3 aromatic rings. The Morgan fingerprint density at radius 2 is 1.94 bits per heavy atom. The van der Waals surface area contributed by atoms with Crippen LogP contribution in [0.3, 0.4) is 0 Å². The van der Waals surface area contributed by atoms with Crippen LogP contribution in [0.25, 0.3) is 11.0 Å². The summed E-state index contributed by atoms with van der Waals surface area (Å²) in [6, 6.07) is 6.48. The molecule has 186 valence electrons. The minimum Gasteiger partial charge on any atom is -0.488 e. The lowest BCUT2D eigenvalue weighted by Gasteiger charge is -2.16. The maximum atomic E-state index is 12.7. The normalized spacial score (nSPS) is 15.1. The zero-order valence-corrected chi connectivity index (χ0v) is 18.2. The molecule has 1 aliphatic heterocycles. The minimum absolute atomic E-state index is 0.0416. The first kappa shape index (κ1) is 25.4. The number of carbonyl (C=O) groups excluding carboxylic acids is 2. The summed E-state index contributed by atoms with van der Waals surface area (Å²) in [7, 11) is 1.32. The molecule has 3 heterocycles. The van der Waals surface area contributed by atoms with E-state index in [2.05, 4.69) is 25.8 Å². The van der Waals surface area contributed by atoms with Crippen LogP contribution in [0, 0.1) is 0 Å². The number of aromatic amines is 1. The third-order valence-corrected chi connectivity index (χ3v) is 4.79. The number of esters is 1. The Kier molecular flexibility index (Phi) is 7.86. The molecule has 2 aromatic heterocycles. The fraction of sp³-hybridized carbons (Fsp3) is 0.286. The molecule has 1 atom stereocenters. The lowest BCUT2D eigenvalue weighted by Crippen LogP contribution is -2.21. The Morgan fingerprint density at radius 3 is 2.57 bits per heavy atom. The quantitative estimate of drug-likeness (QED) is 0.390. The molecule has 0 radical (unpaired) electrons. The summed E-state index contributed by atoms with van der Waals surface area (Å²) in [6.07, 6.45) is -1.19. The predicted molar refractivity (Wildman–Crippen MR) is 115 cm³/mol. The van der Waals surface area contributed by atoms with Crippen LogP contribution in [0.4, 0.5) is 18.9 Å². The van der Waals surface area contributed by atoms with Crippen molar-refractivity contribution in [3.8, 4) is 5.75 Å². The summed E-state index contributed by atoms with van der Waals surface area (Å²) in [4.78, 5) is 37.8. The van der Waals surface area contributed by atoms with Crippen LogP contribution < -0.4 is 15.4 Å². The van der Waals surface area contributed by atoms with Gasteiger partial charge in [-0.2, -0.15) is 18.3 Å². The minimum atomic E-state index is -5.08. The number of carboxylic acid groups (broad SMARTS) is 1. The van der Waals surface area contributed by atoms with Crippen LogP contribution in [0.15, 0.2) is 36.7 Å². The number of halogens is 3. The third-order valence-electron chi connectivity index (χ3n) is 4.79. The summed E-state index contributed by atoms with van der Waals surface area (Å²) >= 11 is 0. The first-order chi connectivity index (χ1) is 16.6. The van der Waals surface area contributed by atoms with E-state index in [1.54, 1.807) is 30.5 Å². The van der Waals surface area contributed by atoms with E-state index in [1.165, 1.54) is 13.3 Å². The highest BCUT2D eigenvalue weighted by Crippen LogP contribution is 2.27. The fourth-order valence-corrected chi connectivity index (χ4v) is 3.13. The Bertz CT molecular complexity index is 1220. The van der Waals surface area contributed by atoms with Gasteiger partial charge in [-0.25, -0.2) is 14.6 Å². The predicted octanol–water partition coefficient (Wildman–Crippen LogP) is 2.37. The Hall–Kier alpha value is -4.20. The van der Waals surface area contributed by atoms with Crippen LogP contribution in [-0.4, -0.2) is 70.6 Å². The first-order valence-electron chi connectivity index (χ1n) is 10.1. The molecule has 1 aliphatic rings. The summed E-state index contributed by atoms with van der Waals surface area (Å²) in [5.41, 5.74) is 1.80. The molecule has 0 spiro atoms. The van der Waals surface area contributed by atoms with Gasteiger partial charge in [0.1, 0.15) is 17.4 Å². The van der Waals surface area contributed by atoms with E-state index < -0.39 is 18.1 Å². The molecule has 1 aromatic carbocycles. The SMILES string of the molecule is COC(=O)c1ccc(NC(=O)c2ccnc3[nH]ncc23)cc1OC1CCNC1.O=C(O)C(F)(F)F. The van der Waals surface area contributed by atoms with E-state index in [9.17, 15) is 22.8 Å². The lowest BCUT2D eigenvalue weighted by molar-refractivity contribution is -0.192. The van der Waals surface area contributed by atoms with Gasteiger partial charge in [-0.3, -0.25) is 9.89 Å². The number of rotatable bonds is 5. The number of pyridine rings is 1. The first-order valence-corrected chi connectivity index (χ1v) is 10.1. The van der Waals surface area contributed by atoms with E-state index in [4.69, 9.17) is 19.4 Å². The molecule has 35 heavy (non-hydrogen) atoms. The van der Waals surface area contributed by atoms with Crippen molar-refractivity contribution < 1.29 is 42.1 Å². The van der Waals surface area contributed by atoms with Gasteiger partial charge in [-0.05, 0) is 31.2 Å². The van der Waals surface area contributed by atoms with Crippen molar-refractivity contribution in [3.63, 3.8) is 0 Å². The van der Waals surface area contributed by atoms with Gasteiger partial charge in [0.25, 0.3) is 5.91 Å². The van der Waals surface area contributed by atoms with E-state index in [0.29, 0.717) is 40.1 Å². The highest BCUT2D eigenvalue weighted by atomic mass is 19.4. The van der Waals surface area contributed by atoms with E-state index in [1.807, 2.05) is 0 Å². The fourth-order valence-electron chi connectivity index (χ4n) is 3.13. The molecule has 11 nitrogen and oxygen atoms in total. The highest BCUT2D eigenvalue weighted by Gasteiger charge is 2.38. The Balaban J connectivity index is 0.000000429. The van der Waals surface area contributed by atoms with Gasteiger partial charge in [0, 0.05) is 24.5 Å². The van der Waals surface area contributed by atoms with Gasteiger partial charge in [-0.15, -0.1) is 0 Å². The van der Waals surface area contributed by atoms with Gasteiger partial charge in [0.05, 0.1) is 24.3 Å². The molecule has 4 rings (SSSR count). The molecule has 1 amide bonds. The topological polar surface area (TPSA) is 156 Å². The summed E-state index contributed by atoms with van der Waals surface area (Å²) in [5.74, 6) is -3.18. The second kappa shape index (κ2) is 10.8.